The number of aromatic nitrogens is 1. The van der Waals surface area contributed by atoms with Gasteiger partial charge in [-0.1, -0.05) is 36.3 Å². The monoisotopic (exact) mass is 368 g/mol. The number of hydrogen-bond donors (Lipinski definition) is 1. The molecular formula is C20H20N2O3S. The highest BCUT2D eigenvalue weighted by Crippen LogP contribution is 2.24. The van der Waals surface area contributed by atoms with E-state index in [4.69, 9.17) is 4.52 Å². The number of rotatable bonds is 5. The van der Waals surface area contributed by atoms with Gasteiger partial charge < -0.3 is 9.84 Å². The number of benzene rings is 2. The number of nitrogens with one attached hydrogen (secondary N) is 1. The van der Waals surface area contributed by atoms with Gasteiger partial charge in [-0.3, -0.25) is 9.00 Å². The summed E-state index contributed by atoms with van der Waals surface area (Å²) in [6.07, 6.45) is 0. The van der Waals surface area contributed by atoms with Crippen molar-refractivity contribution >= 4 is 22.4 Å². The summed E-state index contributed by atoms with van der Waals surface area (Å²) in [7, 11) is -1.16. The topological polar surface area (TPSA) is 72.2 Å². The summed E-state index contributed by atoms with van der Waals surface area (Å²) in [6.45, 7) is 5.89. The highest BCUT2D eigenvalue weighted by Gasteiger charge is 2.16. The van der Waals surface area contributed by atoms with Crippen LogP contribution in [0.15, 0.2) is 57.9 Å². The van der Waals surface area contributed by atoms with Crippen molar-refractivity contribution in [2.75, 3.05) is 11.1 Å². The Morgan fingerprint density at radius 2 is 1.88 bits per heavy atom. The van der Waals surface area contributed by atoms with E-state index in [0.29, 0.717) is 22.1 Å². The van der Waals surface area contributed by atoms with Gasteiger partial charge in [0.25, 0.3) is 5.91 Å². The van der Waals surface area contributed by atoms with Gasteiger partial charge in [0.2, 0.25) is 0 Å². The first-order valence-electron chi connectivity index (χ1n) is 8.32. The van der Waals surface area contributed by atoms with Crippen molar-refractivity contribution in [3.05, 3.63) is 65.4 Å². The van der Waals surface area contributed by atoms with Gasteiger partial charge >= 0.3 is 0 Å². The average molecular weight is 368 g/mol. The molecule has 1 heterocycles. The van der Waals surface area contributed by atoms with E-state index < -0.39 is 16.7 Å². The molecule has 3 rings (SSSR count). The molecule has 1 amide bonds. The number of para-hydroxylation sites is 1. The molecule has 3 aromatic rings. The van der Waals surface area contributed by atoms with Crippen molar-refractivity contribution < 1.29 is 13.5 Å². The molecule has 0 aliphatic rings. The number of anilines is 1. The van der Waals surface area contributed by atoms with Crippen LogP contribution in [0.4, 0.5) is 5.69 Å². The predicted octanol–water partition coefficient (Wildman–Crippen LogP) is 4.34. The van der Waals surface area contributed by atoms with Gasteiger partial charge in [-0.25, -0.2) is 0 Å². The molecule has 0 fully saturated rings. The van der Waals surface area contributed by atoms with E-state index >= 15 is 0 Å². The van der Waals surface area contributed by atoms with Gasteiger partial charge in [0.05, 0.1) is 21.4 Å². The molecule has 0 saturated heterocycles. The molecule has 1 atom stereocenters. The Kier molecular flexibility index (Phi) is 5.32. The first-order valence-corrected chi connectivity index (χ1v) is 9.64. The van der Waals surface area contributed by atoms with E-state index in [1.807, 2.05) is 39.0 Å². The largest absolute Gasteiger partial charge is 0.355 e. The second kappa shape index (κ2) is 7.66. The number of amides is 1. The molecule has 0 saturated carbocycles. The minimum absolute atomic E-state index is 0.176. The molecule has 0 bridgehead atoms. The smallest absolute Gasteiger partial charge is 0.277 e. The summed E-state index contributed by atoms with van der Waals surface area (Å²) >= 11 is 0. The third-order valence-corrected chi connectivity index (χ3v) is 5.55. The van der Waals surface area contributed by atoms with Crippen LogP contribution in [0.3, 0.4) is 0 Å². The fourth-order valence-corrected chi connectivity index (χ4v) is 3.43. The Morgan fingerprint density at radius 1 is 1.12 bits per heavy atom. The second-order valence-corrected chi connectivity index (χ2v) is 7.67. The fourth-order valence-electron chi connectivity index (χ4n) is 2.52. The Bertz CT molecular complexity index is 979. The Hall–Kier alpha value is -2.73. The van der Waals surface area contributed by atoms with Crippen LogP contribution < -0.4 is 5.32 Å². The molecule has 1 unspecified atom stereocenters. The molecule has 1 aromatic heterocycles. The van der Waals surface area contributed by atoms with Crippen LogP contribution in [0.2, 0.25) is 0 Å². The third kappa shape index (κ3) is 3.75. The number of aryl methyl sites for hydroxylation is 2. The Labute approximate surface area is 154 Å². The SMILES string of the molecule is CCS(=O)c1ccccc1NC(=O)c1cc(-c2ccc(C)c(C)c2)on1. The quantitative estimate of drug-likeness (QED) is 0.727. The summed E-state index contributed by atoms with van der Waals surface area (Å²) in [5.74, 6) is 0.612. The highest BCUT2D eigenvalue weighted by atomic mass is 32.2. The minimum atomic E-state index is -1.16. The minimum Gasteiger partial charge on any atom is -0.355 e. The number of hydrogen-bond acceptors (Lipinski definition) is 4. The van der Waals surface area contributed by atoms with Crippen LogP contribution >= 0.6 is 0 Å². The van der Waals surface area contributed by atoms with Crippen molar-refractivity contribution in [1.82, 2.24) is 5.16 Å². The summed E-state index contributed by atoms with van der Waals surface area (Å²) in [5.41, 5.74) is 3.89. The van der Waals surface area contributed by atoms with Crippen molar-refractivity contribution in [2.45, 2.75) is 25.7 Å². The summed E-state index contributed by atoms with van der Waals surface area (Å²) < 4.78 is 17.5. The van der Waals surface area contributed by atoms with Crippen LogP contribution in [0, 0.1) is 13.8 Å². The zero-order chi connectivity index (χ0) is 18.7. The van der Waals surface area contributed by atoms with E-state index in [0.717, 1.165) is 11.1 Å². The Morgan fingerprint density at radius 3 is 2.62 bits per heavy atom. The maximum Gasteiger partial charge on any atom is 0.277 e. The van der Waals surface area contributed by atoms with Gasteiger partial charge in [-0.05, 0) is 43.2 Å². The van der Waals surface area contributed by atoms with E-state index in [2.05, 4.69) is 10.5 Å². The normalized spacial score (nSPS) is 12.0. The van der Waals surface area contributed by atoms with E-state index in [1.54, 1.807) is 30.3 Å². The third-order valence-electron chi connectivity index (χ3n) is 4.18. The van der Waals surface area contributed by atoms with E-state index in [9.17, 15) is 9.00 Å². The summed E-state index contributed by atoms with van der Waals surface area (Å²) in [5, 5.41) is 6.65. The standard InChI is InChI=1S/C20H20N2O3S/c1-4-26(24)19-8-6-5-7-16(19)21-20(23)17-12-18(25-22-17)15-10-9-13(2)14(3)11-15/h5-12H,4H2,1-3H3,(H,21,23). The van der Waals surface area contributed by atoms with E-state index in [-0.39, 0.29) is 5.69 Å². The first kappa shape index (κ1) is 18.1. The maximum absolute atomic E-state index is 12.5. The van der Waals surface area contributed by atoms with E-state index in [1.165, 1.54) is 5.56 Å². The molecule has 0 aliphatic carbocycles. The van der Waals surface area contributed by atoms with Crippen molar-refractivity contribution in [3.8, 4) is 11.3 Å². The molecule has 2 aromatic carbocycles. The molecule has 134 valence electrons. The summed E-state index contributed by atoms with van der Waals surface area (Å²) in [6, 6.07) is 14.6. The molecule has 0 spiro atoms. The molecule has 6 heteroatoms. The van der Waals surface area contributed by atoms with Crippen LogP contribution in [0.25, 0.3) is 11.3 Å². The molecule has 26 heavy (non-hydrogen) atoms. The van der Waals surface area contributed by atoms with Crippen molar-refractivity contribution in [2.24, 2.45) is 0 Å². The fraction of sp³-hybridized carbons (Fsp3) is 0.200. The van der Waals surface area contributed by atoms with Gasteiger partial charge in [0.15, 0.2) is 11.5 Å². The second-order valence-electron chi connectivity index (χ2n) is 5.96. The molecule has 5 nitrogen and oxygen atoms in total. The Balaban J connectivity index is 1.83. The van der Waals surface area contributed by atoms with Gasteiger partial charge in [-0.2, -0.15) is 0 Å². The van der Waals surface area contributed by atoms with Crippen LogP contribution in [-0.2, 0) is 10.8 Å². The van der Waals surface area contributed by atoms with Gasteiger partial charge in [0.1, 0.15) is 0 Å². The number of carbonyl (C=O) groups is 1. The lowest BCUT2D eigenvalue weighted by Gasteiger charge is -2.08. The molecular weight excluding hydrogens is 348 g/mol. The zero-order valence-corrected chi connectivity index (χ0v) is 15.7. The molecule has 0 radical (unpaired) electrons. The molecule has 1 N–H and O–H groups in total. The van der Waals surface area contributed by atoms with Crippen LogP contribution in [0.5, 0.6) is 0 Å². The maximum atomic E-state index is 12.5. The first-order chi connectivity index (χ1) is 12.5. The van der Waals surface area contributed by atoms with Crippen LogP contribution in [-0.4, -0.2) is 21.0 Å². The summed E-state index contributed by atoms with van der Waals surface area (Å²) in [4.78, 5) is 13.1. The van der Waals surface area contributed by atoms with Crippen LogP contribution in [0.1, 0.15) is 28.5 Å². The molecule has 0 aliphatic heterocycles. The zero-order valence-electron chi connectivity index (χ0n) is 14.9. The van der Waals surface area contributed by atoms with Gasteiger partial charge in [0, 0.05) is 17.4 Å². The van der Waals surface area contributed by atoms with Crippen molar-refractivity contribution in [3.63, 3.8) is 0 Å². The lowest BCUT2D eigenvalue weighted by Crippen LogP contribution is -2.14. The van der Waals surface area contributed by atoms with Crippen molar-refractivity contribution in [1.29, 1.82) is 0 Å². The number of carbonyl (C=O) groups excluding carboxylic acids is 1. The lowest BCUT2D eigenvalue weighted by molar-refractivity contribution is 0.101. The number of nitrogens with zero attached hydrogens (tertiary/aromatic N) is 1. The average Bonchev–Trinajstić information content (AvgIpc) is 3.14. The predicted molar refractivity (Wildman–Crippen MR) is 103 cm³/mol. The van der Waals surface area contributed by atoms with Gasteiger partial charge in [-0.15, -0.1) is 0 Å². The highest BCUT2D eigenvalue weighted by molar-refractivity contribution is 7.85. The lowest BCUT2D eigenvalue weighted by atomic mass is 10.0.